The zero-order valence-corrected chi connectivity index (χ0v) is 17.6. The van der Waals surface area contributed by atoms with E-state index in [1.54, 1.807) is 6.92 Å². The first-order valence-electron chi connectivity index (χ1n) is 9.77. The fourth-order valence-electron chi connectivity index (χ4n) is 2.93. The van der Waals surface area contributed by atoms with E-state index in [2.05, 4.69) is 10.3 Å². The number of nitro groups is 1. The number of aliphatic hydroxyl groups excluding tert-OH is 3. The predicted molar refractivity (Wildman–Crippen MR) is 109 cm³/mol. The molecule has 0 saturated carbocycles. The van der Waals surface area contributed by atoms with Crippen LogP contribution in [0.3, 0.4) is 0 Å². The van der Waals surface area contributed by atoms with Crippen LogP contribution in [0, 0.1) is 10.1 Å². The first kappa shape index (κ1) is 24.5. The first-order chi connectivity index (χ1) is 16.1. The fraction of sp³-hybridized carbons (Fsp3) is 0.389. The largest absolute Gasteiger partial charge is 0.466 e. The van der Waals surface area contributed by atoms with E-state index in [-0.39, 0.29) is 36.7 Å². The number of nitrogens with one attached hydrogen (secondary N) is 1. The van der Waals surface area contributed by atoms with Gasteiger partial charge in [-0.1, -0.05) is 5.21 Å². The third kappa shape index (κ3) is 5.42. The van der Waals surface area contributed by atoms with Crippen molar-refractivity contribution < 1.29 is 34.2 Å². The number of H-pyrrole nitrogens is 1. The summed E-state index contributed by atoms with van der Waals surface area (Å²) in [6, 6.07) is 1.17. The van der Waals surface area contributed by atoms with Crippen LogP contribution in [-0.4, -0.2) is 69.6 Å². The Morgan fingerprint density at radius 3 is 2.74 bits per heavy atom. The van der Waals surface area contributed by atoms with Gasteiger partial charge in [-0.3, -0.25) is 24.5 Å². The van der Waals surface area contributed by atoms with Crippen molar-refractivity contribution in [2.24, 2.45) is 0 Å². The molecule has 3 aromatic heterocycles. The number of esters is 1. The van der Waals surface area contributed by atoms with Crippen molar-refractivity contribution in [3.05, 3.63) is 72.7 Å². The molecule has 16 heteroatoms. The Balaban J connectivity index is 1.66. The minimum absolute atomic E-state index is 0.0243. The molecule has 0 spiro atoms. The smallest absolute Gasteiger partial charge is 0.350 e. The number of rotatable bonds is 10. The molecule has 3 atom stereocenters. The number of ether oxygens (including phenoxy) is 1. The summed E-state index contributed by atoms with van der Waals surface area (Å²) in [5.41, 5.74) is -2.70. The highest BCUT2D eigenvalue weighted by Crippen LogP contribution is 2.22. The molecule has 0 saturated heterocycles. The van der Waals surface area contributed by atoms with Crippen LogP contribution in [0.2, 0.25) is 0 Å². The Kier molecular flexibility index (Phi) is 7.34. The van der Waals surface area contributed by atoms with Crippen LogP contribution in [0.5, 0.6) is 0 Å². The Labute approximate surface area is 188 Å². The number of hydrogen-bond donors (Lipinski definition) is 4. The molecule has 0 aliphatic rings. The number of aromatic amines is 1. The van der Waals surface area contributed by atoms with Crippen LogP contribution in [-0.2, 0) is 17.8 Å². The number of carbonyl (C=O) groups excluding carboxylic acids is 1. The molecule has 0 unspecified atom stereocenters. The molecule has 0 bridgehead atoms. The third-order valence-corrected chi connectivity index (χ3v) is 4.62. The van der Waals surface area contributed by atoms with E-state index in [4.69, 9.17) is 9.15 Å². The van der Waals surface area contributed by atoms with Gasteiger partial charge in [-0.15, -0.1) is 5.10 Å². The molecule has 0 aliphatic carbocycles. The molecule has 0 amide bonds. The van der Waals surface area contributed by atoms with E-state index in [0.717, 1.165) is 21.7 Å². The SMILES string of the molecule is CCOC(=O)c1coc([C@@H](O)[C@H](O)[C@H](O)Cn2cc(Cn3cc([N+](=O)[O-])c(=O)[nH]c3=O)nn2)c1. The number of hydrogen-bond acceptors (Lipinski definition) is 12. The summed E-state index contributed by atoms with van der Waals surface area (Å²) < 4.78 is 11.8. The van der Waals surface area contributed by atoms with E-state index < -0.39 is 46.1 Å². The average Bonchev–Trinajstić information content (AvgIpc) is 3.44. The Hall–Kier alpha value is -4.15. The quantitative estimate of drug-likeness (QED) is 0.145. The maximum atomic E-state index is 11.9. The minimum atomic E-state index is -1.74. The van der Waals surface area contributed by atoms with Crippen LogP contribution in [0.4, 0.5) is 5.69 Å². The lowest BCUT2D eigenvalue weighted by atomic mass is 10.1. The molecule has 0 radical (unpaired) electrons. The molecule has 3 heterocycles. The summed E-state index contributed by atoms with van der Waals surface area (Å²) in [5, 5.41) is 49.2. The van der Waals surface area contributed by atoms with Gasteiger partial charge in [0.1, 0.15) is 36.0 Å². The van der Waals surface area contributed by atoms with Crippen molar-refractivity contribution in [2.45, 2.75) is 38.3 Å². The Bertz CT molecular complexity index is 1290. The van der Waals surface area contributed by atoms with E-state index in [1.807, 2.05) is 4.98 Å². The summed E-state index contributed by atoms with van der Waals surface area (Å²) in [4.78, 5) is 46.8. The van der Waals surface area contributed by atoms with Gasteiger partial charge >= 0.3 is 22.9 Å². The summed E-state index contributed by atoms with van der Waals surface area (Å²) in [6.07, 6.45) is -1.87. The fourth-order valence-corrected chi connectivity index (χ4v) is 2.93. The van der Waals surface area contributed by atoms with Gasteiger partial charge in [0.05, 0.1) is 42.6 Å². The molecule has 34 heavy (non-hydrogen) atoms. The molecular weight excluding hydrogens is 460 g/mol. The van der Waals surface area contributed by atoms with E-state index in [1.165, 1.54) is 12.3 Å². The van der Waals surface area contributed by atoms with Gasteiger partial charge in [0.15, 0.2) is 0 Å². The standard InChI is InChI=1S/C18H20N6O10/c1-2-33-17(29)9-3-13(34-8-9)15(27)14(26)12(25)7-23-5-10(20-21-23)4-22-6-11(24(31)32)16(28)19-18(22)30/h3,5-6,8,12,14-15,25-27H,2,4,7H2,1H3,(H,19,28,30)/t12-,14-,15-/m1/s1. The summed E-state index contributed by atoms with van der Waals surface area (Å²) >= 11 is 0. The molecule has 0 aliphatic heterocycles. The van der Waals surface area contributed by atoms with E-state index in [0.29, 0.717) is 0 Å². The third-order valence-electron chi connectivity index (χ3n) is 4.62. The highest BCUT2D eigenvalue weighted by atomic mass is 16.6. The highest BCUT2D eigenvalue weighted by Gasteiger charge is 2.30. The molecule has 0 aromatic carbocycles. The van der Waals surface area contributed by atoms with Crippen molar-refractivity contribution in [2.75, 3.05) is 6.61 Å². The number of nitrogens with zero attached hydrogens (tertiary/aromatic N) is 5. The van der Waals surface area contributed by atoms with Gasteiger partial charge in [-0.25, -0.2) is 14.3 Å². The minimum Gasteiger partial charge on any atom is -0.466 e. The summed E-state index contributed by atoms with van der Waals surface area (Å²) in [6.45, 7) is 1.14. The lowest BCUT2D eigenvalue weighted by molar-refractivity contribution is -0.386. The highest BCUT2D eigenvalue weighted by molar-refractivity contribution is 5.89. The molecule has 0 fully saturated rings. The second-order valence-corrected chi connectivity index (χ2v) is 7.05. The molecule has 16 nitrogen and oxygen atoms in total. The first-order valence-corrected chi connectivity index (χ1v) is 9.77. The zero-order valence-electron chi connectivity index (χ0n) is 17.6. The second kappa shape index (κ2) is 10.2. The maximum absolute atomic E-state index is 11.9. The number of aliphatic hydroxyl groups is 3. The van der Waals surface area contributed by atoms with Gasteiger partial charge in [0.25, 0.3) is 0 Å². The van der Waals surface area contributed by atoms with E-state index >= 15 is 0 Å². The lowest BCUT2D eigenvalue weighted by Gasteiger charge is -2.21. The Morgan fingerprint density at radius 2 is 2.06 bits per heavy atom. The number of aromatic nitrogens is 5. The van der Waals surface area contributed by atoms with Gasteiger partial charge in [-0.05, 0) is 13.0 Å². The predicted octanol–water partition coefficient (Wildman–Crippen LogP) is -1.69. The molecule has 182 valence electrons. The maximum Gasteiger partial charge on any atom is 0.350 e. The van der Waals surface area contributed by atoms with Crippen LogP contribution >= 0.6 is 0 Å². The normalized spacial score (nSPS) is 13.9. The van der Waals surface area contributed by atoms with Crippen molar-refractivity contribution in [1.82, 2.24) is 24.5 Å². The van der Waals surface area contributed by atoms with Gasteiger partial charge < -0.3 is 24.5 Å². The van der Waals surface area contributed by atoms with Gasteiger partial charge in [-0.2, -0.15) is 0 Å². The zero-order chi connectivity index (χ0) is 25.0. The van der Waals surface area contributed by atoms with Crippen molar-refractivity contribution in [3.8, 4) is 0 Å². The summed E-state index contributed by atoms with van der Waals surface area (Å²) in [7, 11) is 0. The number of carbonyl (C=O) groups is 1. The topological polar surface area (TPSA) is 229 Å². The van der Waals surface area contributed by atoms with Gasteiger partial charge in [0.2, 0.25) is 0 Å². The average molecular weight is 480 g/mol. The summed E-state index contributed by atoms with van der Waals surface area (Å²) in [5.74, 6) is -0.852. The van der Waals surface area contributed by atoms with Crippen molar-refractivity contribution >= 4 is 11.7 Å². The van der Waals surface area contributed by atoms with Crippen LogP contribution in [0.1, 0.15) is 34.8 Å². The van der Waals surface area contributed by atoms with E-state index in [9.17, 15) is 39.8 Å². The molecular formula is C18H20N6O10. The molecule has 4 N–H and O–H groups in total. The molecule has 3 rings (SSSR count). The van der Waals surface area contributed by atoms with Crippen LogP contribution < -0.4 is 11.2 Å². The lowest BCUT2D eigenvalue weighted by Crippen LogP contribution is -2.35. The van der Waals surface area contributed by atoms with Crippen LogP contribution in [0.25, 0.3) is 0 Å². The number of furan rings is 1. The second-order valence-electron chi connectivity index (χ2n) is 7.05. The van der Waals surface area contributed by atoms with Crippen molar-refractivity contribution in [1.29, 1.82) is 0 Å². The van der Waals surface area contributed by atoms with Gasteiger partial charge in [0, 0.05) is 0 Å². The monoisotopic (exact) mass is 480 g/mol. The molecule has 3 aromatic rings. The van der Waals surface area contributed by atoms with Crippen LogP contribution in [0.15, 0.2) is 38.7 Å². The Morgan fingerprint density at radius 1 is 1.32 bits per heavy atom. The van der Waals surface area contributed by atoms with Crippen molar-refractivity contribution in [3.63, 3.8) is 0 Å².